The lowest BCUT2D eigenvalue weighted by Crippen LogP contribution is -2.43. The number of carbonyl (C=O) groups is 1. The van der Waals surface area contributed by atoms with Crippen LogP contribution in [-0.4, -0.2) is 75.8 Å². The van der Waals surface area contributed by atoms with Gasteiger partial charge in [0.2, 0.25) is 0 Å². The van der Waals surface area contributed by atoms with Crippen molar-refractivity contribution >= 4 is 14.9 Å². The van der Waals surface area contributed by atoms with Crippen LogP contribution < -0.4 is 5.32 Å². The fourth-order valence-electron chi connectivity index (χ4n) is 1.86. The van der Waals surface area contributed by atoms with Crippen LogP contribution in [-0.2, 0) is 27.5 Å². The maximum absolute atomic E-state index is 11.5. The summed E-state index contributed by atoms with van der Waals surface area (Å²) in [5.41, 5.74) is 0. The average Bonchev–Trinajstić information content (AvgIpc) is 2.61. The molecule has 0 aliphatic carbocycles. The largest absolute Gasteiger partial charge is 0.500 e. The molecule has 8 nitrogen and oxygen atoms in total. The van der Waals surface area contributed by atoms with E-state index in [4.69, 9.17) is 27.5 Å². The van der Waals surface area contributed by atoms with Crippen LogP contribution in [0.15, 0.2) is 0 Å². The molecule has 0 radical (unpaired) electrons. The number of unbranched alkanes of at least 4 members (excludes halogenated alkanes) is 1. The number of hydrogen-bond acceptors (Lipinski definition) is 7. The van der Waals surface area contributed by atoms with Crippen molar-refractivity contribution in [1.29, 1.82) is 0 Å². The number of carbonyl (C=O) groups excluding carboxylic acids is 1. The average molecular weight is 368 g/mol. The zero-order chi connectivity index (χ0) is 18.1. The third kappa shape index (κ3) is 11.8. The van der Waals surface area contributed by atoms with Gasteiger partial charge in [0.05, 0.1) is 19.8 Å². The Morgan fingerprint density at radius 1 is 0.875 bits per heavy atom. The molecule has 0 aromatic rings. The second kappa shape index (κ2) is 15.8. The van der Waals surface area contributed by atoms with Crippen molar-refractivity contribution in [2.75, 3.05) is 60.9 Å². The van der Waals surface area contributed by atoms with Crippen LogP contribution >= 0.6 is 0 Å². The normalized spacial score (nSPS) is 11.5. The Hall–Kier alpha value is -0.713. The standard InChI is InChI=1S/C15H33NO7Si/c1-5-6-9-21-10-11-22-12-13-23-15(17)16-8-7-14-24(18-2,19-3)20-4/h5-14H2,1-4H3,(H,16,17). The summed E-state index contributed by atoms with van der Waals surface area (Å²) in [6.07, 6.45) is 2.40. The van der Waals surface area contributed by atoms with Gasteiger partial charge in [-0.3, -0.25) is 0 Å². The van der Waals surface area contributed by atoms with Gasteiger partial charge in [-0.2, -0.15) is 0 Å². The highest BCUT2D eigenvalue weighted by atomic mass is 28.4. The highest BCUT2D eigenvalue weighted by molar-refractivity contribution is 6.60. The van der Waals surface area contributed by atoms with E-state index in [1.165, 1.54) is 0 Å². The maximum atomic E-state index is 11.5. The fourth-order valence-corrected chi connectivity index (χ4v) is 3.59. The molecule has 9 heteroatoms. The van der Waals surface area contributed by atoms with Gasteiger partial charge in [-0.05, 0) is 12.8 Å². The summed E-state index contributed by atoms with van der Waals surface area (Å²) in [6, 6.07) is 0.623. The highest BCUT2D eigenvalue weighted by Gasteiger charge is 2.36. The first-order chi connectivity index (χ1) is 11.6. The van der Waals surface area contributed by atoms with Gasteiger partial charge >= 0.3 is 14.9 Å². The Morgan fingerprint density at radius 2 is 1.46 bits per heavy atom. The highest BCUT2D eigenvalue weighted by Crippen LogP contribution is 2.14. The van der Waals surface area contributed by atoms with Gasteiger partial charge in [-0.15, -0.1) is 0 Å². The molecular formula is C15H33NO7Si. The van der Waals surface area contributed by atoms with Gasteiger partial charge in [0.15, 0.2) is 0 Å². The topological polar surface area (TPSA) is 84.5 Å². The number of amides is 1. The third-order valence-electron chi connectivity index (χ3n) is 3.34. The van der Waals surface area contributed by atoms with E-state index >= 15 is 0 Å². The Balaban J connectivity index is 3.47. The van der Waals surface area contributed by atoms with Crippen LogP contribution in [0.4, 0.5) is 4.79 Å². The predicted molar refractivity (Wildman–Crippen MR) is 92.1 cm³/mol. The first-order valence-electron chi connectivity index (χ1n) is 8.35. The lowest BCUT2D eigenvalue weighted by Gasteiger charge is -2.24. The molecule has 24 heavy (non-hydrogen) atoms. The summed E-state index contributed by atoms with van der Waals surface area (Å²) in [7, 11) is 2.13. The minimum Gasteiger partial charge on any atom is -0.447 e. The van der Waals surface area contributed by atoms with Crippen LogP contribution in [0, 0.1) is 0 Å². The Kier molecular flexibility index (Phi) is 15.3. The molecule has 0 heterocycles. The molecule has 1 N–H and O–H groups in total. The van der Waals surface area contributed by atoms with E-state index < -0.39 is 14.9 Å². The van der Waals surface area contributed by atoms with E-state index in [2.05, 4.69) is 12.2 Å². The predicted octanol–water partition coefficient (Wildman–Crippen LogP) is 1.81. The molecule has 0 fully saturated rings. The summed E-state index contributed by atoms with van der Waals surface area (Å²) in [6.45, 7) is 5.00. The number of rotatable bonds is 16. The molecule has 144 valence electrons. The molecule has 0 saturated heterocycles. The van der Waals surface area contributed by atoms with Crippen molar-refractivity contribution in [3.05, 3.63) is 0 Å². The van der Waals surface area contributed by atoms with E-state index in [1.54, 1.807) is 21.3 Å². The van der Waals surface area contributed by atoms with Gasteiger partial charge in [0.1, 0.15) is 6.61 Å². The van der Waals surface area contributed by atoms with E-state index in [9.17, 15) is 4.79 Å². The number of ether oxygens (including phenoxy) is 3. The minimum absolute atomic E-state index is 0.216. The minimum atomic E-state index is -2.57. The second-order valence-electron chi connectivity index (χ2n) is 5.04. The summed E-state index contributed by atoms with van der Waals surface area (Å²) in [5, 5.41) is 2.67. The SMILES string of the molecule is CCCCOCCOCCOC(=O)NCCC[Si](OC)(OC)OC. The smallest absolute Gasteiger partial charge is 0.447 e. The summed E-state index contributed by atoms with van der Waals surface area (Å²) >= 11 is 0. The summed E-state index contributed by atoms with van der Waals surface area (Å²) < 4.78 is 31.6. The van der Waals surface area contributed by atoms with Crippen LogP contribution in [0.5, 0.6) is 0 Å². The number of nitrogens with one attached hydrogen (secondary N) is 1. The van der Waals surface area contributed by atoms with Crippen LogP contribution in [0.1, 0.15) is 26.2 Å². The van der Waals surface area contributed by atoms with Crippen molar-refractivity contribution in [1.82, 2.24) is 5.32 Å². The summed E-state index contributed by atoms with van der Waals surface area (Å²) in [5.74, 6) is 0. The van der Waals surface area contributed by atoms with Crippen LogP contribution in [0.2, 0.25) is 6.04 Å². The number of alkyl carbamates (subject to hydrolysis) is 1. The van der Waals surface area contributed by atoms with Crippen molar-refractivity contribution < 1.29 is 32.3 Å². The molecular weight excluding hydrogens is 334 g/mol. The molecule has 0 rings (SSSR count). The molecule has 1 amide bonds. The van der Waals surface area contributed by atoms with Gasteiger partial charge in [0.25, 0.3) is 0 Å². The lowest BCUT2D eigenvalue weighted by molar-refractivity contribution is 0.0275. The van der Waals surface area contributed by atoms with Gasteiger partial charge < -0.3 is 32.8 Å². The molecule has 0 aliphatic heterocycles. The first kappa shape index (κ1) is 23.3. The zero-order valence-electron chi connectivity index (χ0n) is 15.4. The van der Waals surface area contributed by atoms with Crippen molar-refractivity contribution in [2.45, 2.75) is 32.2 Å². The summed E-state index contributed by atoms with van der Waals surface area (Å²) in [4.78, 5) is 11.5. The molecule has 0 spiro atoms. The monoisotopic (exact) mass is 367 g/mol. The fraction of sp³-hybridized carbons (Fsp3) is 0.933. The first-order valence-corrected chi connectivity index (χ1v) is 10.3. The van der Waals surface area contributed by atoms with Gasteiger partial charge in [-0.25, -0.2) is 4.79 Å². The molecule has 0 bridgehead atoms. The Labute approximate surface area is 146 Å². The molecule has 0 aliphatic rings. The van der Waals surface area contributed by atoms with Gasteiger partial charge in [0, 0.05) is 40.5 Å². The Morgan fingerprint density at radius 3 is 2.04 bits per heavy atom. The second-order valence-corrected chi connectivity index (χ2v) is 8.13. The van der Waals surface area contributed by atoms with Crippen LogP contribution in [0.25, 0.3) is 0 Å². The van der Waals surface area contributed by atoms with Crippen LogP contribution in [0.3, 0.4) is 0 Å². The van der Waals surface area contributed by atoms with E-state index in [1.807, 2.05) is 0 Å². The maximum Gasteiger partial charge on any atom is 0.500 e. The molecule has 0 saturated carbocycles. The molecule has 0 unspecified atom stereocenters. The quantitative estimate of drug-likeness (QED) is 0.329. The molecule has 0 aromatic carbocycles. The zero-order valence-corrected chi connectivity index (χ0v) is 16.4. The van der Waals surface area contributed by atoms with E-state index in [0.29, 0.717) is 38.8 Å². The van der Waals surface area contributed by atoms with Crippen molar-refractivity contribution in [3.8, 4) is 0 Å². The number of hydrogen-bond donors (Lipinski definition) is 1. The van der Waals surface area contributed by atoms with Gasteiger partial charge in [-0.1, -0.05) is 13.3 Å². The Bertz CT molecular complexity index is 295. The van der Waals surface area contributed by atoms with E-state index in [0.717, 1.165) is 19.4 Å². The van der Waals surface area contributed by atoms with E-state index in [-0.39, 0.29) is 6.61 Å². The third-order valence-corrected chi connectivity index (χ3v) is 6.17. The van der Waals surface area contributed by atoms with Crippen molar-refractivity contribution in [3.63, 3.8) is 0 Å². The lowest BCUT2D eigenvalue weighted by atomic mass is 10.4. The van der Waals surface area contributed by atoms with Crippen molar-refractivity contribution in [2.24, 2.45) is 0 Å². The molecule has 0 aromatic heterocycles. The molecule has 0 atom stereocenters.